The first-order valence-corrected chi connectivity index (χ1v) is 12.7. The summed E-state index contributed by atoms with van der Waals surface area (Å²) < 4.78 is 1.92. The molecule has 7 heteroatoms. The van der Waals surface area contributed by atoms with Gasteiger partial charge in [-0.05, 0) is 23.1 Å². The number of carbonyl (C=O) groups is 2. The molecule has 2 N–H and O–H groups in total. The van der Waals surface area contributed by atoms with E-state index in [1.165, 1.54) is 0 Å². The van der Waals surface area contributed by atoms with Gasteiger partial charge in [0, 0.05) is 49.9 Å². The minimum absolute atomic E-state index is 0.213. The molecule has 188 valence electrons. The summed E-state index contributed by atoms with van der Waals surface area (Å²) in [4.78, 5) is 26.5. The first-order chi connectivity index (χ1) is 18.1. The van der Waals surface area contributed by atoms with Gasteiger partial charge in [0.05, 0.1) is 12.2 Å². The van der Waals surface area contributed by atoms with Crippen LogP contribution in [0.1, 0.15) is 35.1 Å². The molecule has 0 bridgehead atoms. The SMILES string of the molecule is O=C(NCc1cccc(CN2CCCC2=O)c1)NCc1cn(Cc2ccccc2)nc1-c1ccccc1. The van der Waals surface area contributed by atoms with Gasteiger partial charge in [-0.3, -0.25) is 9.48 Å². The van der Waals surface area contributed by atoms with Gasteiger partial charge < -0.3 is 15.5 Å². The number of aromatic nitrogens is 2. The Kier molecular flexibility index (Phi) is 7.60. The summed E-state index contributed by atoms with van der Waals surface area (Å²) in [6, 6.07) is 28.0. The quantitative estimate of drug-likeness (QED) is 0.354. The maximum absolute atomic E-state index is 12.6. The number of nitrogens with zero attached hydrogens (tertiary/aromatic N) is 3. The molecule has 1 aliphatic heterocycles. The average molecular weight is 494 g/mol. The van der Waals surface area contributed by atoms with E-state index >= 15 is 0 Å². The number of nitrogens with one attached hydrogen (secondary N) is 2. The zero-order valence-electron chi connectivity index (χ0n) is 20.8. The summed E-state index contributed by atoms with van der Waals surface area (Å²) in [6.45, 7) is 2.87. The number of benzene rings is 3. The van der Waals surface area contributed by atoms with Crippen molar-refractivity contribution >= 4 is 11.9 Å². The number of hydrogen-bond donors (Lipinski definition) is 2. The molecule has 1 fully saturated rings. The van der Waals surface area contributed by atoms with E-state index in [0.717, 1.165) is 46.5 Å². The van der Waals surface area contributed by atoms with Gasteiger partial charge >= 0.3 is 6.03 Å². The van der Waals surface area contributed by atoms with Crippen LogP contribution in [0, 0.1) is 0 Å². The summed E-state index contributed by atoms with van der Waals surface area (Å²) in [5, 5.41) is 10.7. The van der Waals surface area contributed by atoms with Crippen molar-refractivity contribution in [1.29, 1.82) is 0 Å². The monoisotopic (exact) mass is 493 g/mol. The van der Waals surface area contributed by atoms with Crippen LogP contribution in [0.2, 0.25) is 0 Å². The Bertz CT molecular complexity index is 1350. The van der Waals surface area contributed by atoms with Gasteiger partial charge in [-0.25, -0.2) is 4.79 Å². The van der Waals surface area contributed by atoms with Crippen LogP contribution in [0.25, 0.3) is 11.3 Å². The smallest absolute Gasteiger partial charge is 0.315 e. The second-order valence-corrected chi connectivity index (χ2v) is 9.33. The zero-order chi connectivity index (χ0) is 25.5. The van der Waals surface area contributed by atoms with Gasteiger partial charge in [0.2, 0.25) is 5.91 Å². The lowest BCUT2D eigenvalue weighted by Crippen LogP contribution is -2.34. The Balaban J connectivity index is 1.20. The Labute approximate surface area is 217 Å². The molecule has 37 heavy (non-hydrogen) atoms. The van der Waals surface area contributed by atoms with E-state index in [1.807, 2.05) is 88.6 Å². The van der Waals surface area contributed by atoms with E-state index < -0.39 is 0 Å². The molecule has 0 unspecified atom stereocenters. The molecule has 1 saturated heterocycles. The first kappa shape index (κ1) is 24.3. The summed E-state index contributed by atoms with van der Waals surface area (Å²) in [5.41, 5.74) is 6.07. The Morgan fingerprint density at radius 1 is 0.811 bits per heavy atom. The summed E-state index contributed by atoms with van der Waals surface area (Å²) in [5.74, 6) is 0.213. The number of likely N-dealkylation sites (tertiary alicyclic amines) is 1. The van der Waals surface area contributed by atoms with Crippen molar-refractivity contribution in [2.24, 2.45) is 0 Å². The van der Waals surface area contributed by atoms with Crippen molar-refractivity contribution in [3.63, 3.8) is 0 Å². The molecule has 0 atom stereocenters. The topological polar surface area (TPSA) is 79.3 Å². The van der Waals surface area contributed by atoms with Gasteiger partial charge in [0.25, 0.3) is 0 Å². The van der Waals surface area contributed by atoms with Gasteiger partial charge in [0.15, 0.2) is 0 Å². The molecule has 3 amide bonds. The van der Waals surface area contributed by atoms with Crippen molar-refractivity contribution in [3.8, 4) is 11.3 Å². The van der Waals surface area contributed by atoms with Crippen LogP contribution in [0.15, 0.2) is 91.1 Å². The van der Waals surface area contributed by atoms with E-state index in [1.54, 1.807) is 0 Å². The third-order valence-electron chi connectivity index (χ3n) is 6.50. The highest BCUT2D eigenvalue weighted by molar-refractivity contribution is 5.78. The van der Waals surface area contributed by atoms with Crippen LogP contribution >= 0.6 is 0 Å². The van der Waals surface area contributed by atoms with E-state index in [2.05, 4.69) is 22.8 Å². The van der Waals surface area contributed by atoms with Crippen LogP contribution < -0.4 is 10.6 Å². The predicted octanol–water partition coefficient (Wildman–Crippen LogP) is 4.72. The largest absolute Gasteiger partial charge is 0.338 e. The van der Waals surface area contributed by atoms with E-state index in [0.29, 0.717) is 32.6 Å². The van der Waals surface area contributed by atoms with Gasteiger partial charge in [-0.15, -0.1) is 0 Å². The van der Waals surface area contributed by atoms with Crippen LogP contribution in [-0.2, 0) is 31.0 Å². The normalized spacial score (nSPS) is 13.1. The number of rotatable bonds is 9. The number of hydrogen-bond acceptors (Lipinski definition) is 3. The van der Waals surface area contributed by atoms with Crippen LogP contribution in [0.5, 0.6) is 0 Å². The molecule has 7 nitrogen and oxygen atoms in total. The highest BCUT2D eigenvalue weighted by Crippen LogP contribution is 2.22. The maximum Gasteiger partial charge on any atom is 0.315 e. The lowest BCUT2D eigenvalue weighted by molar-refractivity contribution is -0.128. The van der Waals surface area contributed by atoms with Crippen molar-refractivity contribution in [2.75, 3.05) is 6.54 Å². The van der Waals surface area contributed by atoms with Crippen molar-refractivity contribution in [3.05, 3.63) is 113 Å². The Morgan fingerprint density at radius 2 is 1.51 bits per heavy atom. The van der Waals surface area contributed by atoms with E-state index in [9.17, 15) is 9.59 Å². The fraction of sp³-hybridized carbons (Fsp3) is 0.233. The molecule has 4 aromatic rings. The fourth-order valence-corrected chi connectivity index (χ4v) is 4.63. The van der Waals surface area contributed by atoms with Crippen molar-refractivity contribution in [1.82, 2.24) is 25.3 Å². The molecule has 0 radical (unpaired) electrons. The minimum Gasteiger partial charge on any atom is -0.338 e. The van der Waals surface area contributed by atoms with Crippen molar-refractivity contribution in [2.45, 2.75) is 39.0 Å². The van der Waals surface area contributed by atoms with E-state index in [-0.39, 0.29) is 11.9 Å². The fourth-order valence-electron chi connectivity index (χ4n) is 4.63. The predicted molar refractivity (Wildman–Crippen MR) is 143 cm³/mol. The third kappa shape index (κ3) is 6.44. The molecule has 5 rings (SSSR count). The number of carbonyl (C=O) groups excluding carboxylic acids is 2. The van der Waals surface area contributed by atoms with Gasteiger partial charge in [0.1, 0.15) is 0 Å². The summed E-state index contributed by atoms with van der Waals surface area (Å²) >= 11 is 0. The maximum atomic E-state index is 12.6. The number of urea groups is 1. The van der Waals surface area contributed by atoms with Crippen LogP contribution in [0.3, 0.4) is 0 Å². The average Bonchev–Trinajstić information content (AvgIpc) is 3.53. The zero-order valence-corrected chi connectivity index (χ0v) is 20.8. The molecular formula is C30H31N5O2. The molecule has 3 aromatic carbocycles. The van der Waals surface area contributed by atoms with Gasteiger partial charge in [-0.1, -0.05) is 84.9 Å². The number of amides is 3. The molecule has 1 aromatic heterocycles. The standard InChI is InChI=1S/C30H31N5O2/c36-28-15-8-16-34(28)20-25-12-7-11-24(17-25)18-31-30(37)32-19-27-22-35(21-23-9-3-1-4-10-23)33-29(27)26-13-5-2-6-14-26/h1-7,9-14,17,22H,8,15-16,18-21H2,(H2,31,32,37). The summed E-state index contributed by atoms with van der Waals surface area (Å²) in [7, 11) is 0. The first-order valence-electron chi connectivity index (χ1n) is 12.7. The van der Waals surface area contributed by atoms with Crippen LogP contribution in [-0.4, -0.2) is 33.2 Å². The summed E-state index contributed by atoms with van der Waals surface area (Å²) in [6.07, 6.45) is 3.56. The molecule has 2 heterocycles. The lowest BCUT2D eigenvalue weighted by atomic mass is 10.1. The Hall–Kier alpha value is -4.39. The lowest BCUT2D eigenvalue weighted by Gasteiger charge is -2.16. The highest BCUT2D eigenvalue weighted by Gasteiger charge is 2.20. The molecular weight excluding hydrogens is 462 g/mol. The minimum atomic E-state index is -0.241. The second kappa shape index (κ2) is 11.6. The van der Waals surface area contributed by atoms with E-state index in [4.69, 9.17) is 5.10 Å². The molecule has 0 aliphatic carbocycles. The molecule has 0 spiro atoms. The highest BCUT2D eigenvalue weighted by atomic mass is 16.2. The van der Waals surface area contributed by atoms with Crippen LogP contribution in [0.4, 0.5) is 4.79 Å². The Morgan fingerprint density at radius 3 is 2.27 bits per heavy atom. The molecule has 0 saturated carbocycles. The third-order valence-corrected chi connectivity index (χ3v) is 6.50. The second-order valence-electron chi connectivity index (χ2n) is 9.33. The van der Waals surface area contributed by atoms with Crippen molar-refractivity contribution < 1.29 is 9.59 Å². The van der Waals surface area contributed by atoms with Gasteiger partial charge in [-0.2, -0.15) is 5.10 Å². The molecule has 1 aliphatic rings.